The molecule has 0 heterocycles. The van der Waals surface area contributed by atoms with E-state index in [0.29, 0.717) is 25.2 Å². The van der Waals surface area contributed by atoms with Crippen molar-refractivity contribution in [2.24, 2.45) is 0 Å². The van der Waals surface area contributed by atoms with Gasteiger partial charge in [-0.3, -0.25) is 10.1 Å². The molecule has 0 saturated carbocycles. The van der Waals surface area contributed by atoms with Gasteiger partial charge < -0.3 is 4.90 Å². The summed E-state index contributed by atoms with van der Waals surface area (Å²) < 4.78 is 0. The Morgan fingerprint density at radius 1 is 1.47 bits per heavy atom. The molecule has 0 radical (unpaired) electrons. The van der Waals surface area contributed by atoms with Crippen molar-refractivity contribution in [2.75, 3.05) is 19.6 Å². The highest BCUT2D eigenvalue weighted by atomic mass is 16.2. The number of nitriles is 1. The predicted molar refractivity (Wildman–Crippen MR) is 74.0 cm³/mol. The van der Waals surface area contributed by atoms with Gasteiger partial charge in [0.05, 0.1) is 24.7 Å². The van der Waals surface area contributed by atoms with Gasteiger partial charge in [0.2, 0.25) is 5.91 Å². The molecule has 4 nitrogen and oxygen atoms in total. The van der Waals surface area contributed by atoms with E-state index in [2.05, 4.69) is 17.3 Å². The minimum atomic E-state index is -0.0227. The molecule has 1 aromatic carbocycles. The van der Waals surface area contributed by atoms with Gasteiger partial charge in [-0.15, -0.1) is 6.42 Å². The minimum Gasteiger partial charge on any atom is -0.337 e. The zero-order valence-electron chi connectivity index (χ0n) is 11.0. The third kappa shape index (κ3) is 4.46. The molecule has 1 amide bonds. The van der Waals surface area contributed by atoms with Gasteiger partial charge in [-0.2, -0.15) is 5.26 Å². The molecule has 0 fully saturated rings. The molecule has 0 bridgehead atoms. The van der Waals surface area contributed by atoms with Crippen LogP contribution in [0.25, 0.3) is 0 Å². The number of hydrogen-bond acceptors (Lipinski definition) is 3. The van der Waals surface area contributed by atoms with Crippen molar-refractivity contribution < 1.29 is 4.79 Å². The molecule has 19 heavy (non-hydrogen) atoms. The van der Waals surface area contributed by atoms with Gasteiger partial charge in [-0.1, -0.05) is 24.1 Å². The molecule has 0 atom stereocenters. The molecular formula is C15H17N3O. The van der Waals surface area contributed by atoms with E-state index < -0.39 is 0 Å². The SMILES string of the molecule is C#CCNCC(=O)N(CC)Cc1ccccc1C#N. The van der Waals surface area contributed by atoms with Gasteiger partial charge in [-0.05, 0) is 18.6 Å². The Hall–Kier alpha value is -2.30. The molecule has 1 N–H and O–H groups in total. The summed E-state index contributed by atoms with van der Waals surface area (Å²) in [6.07, 6.45) is 5.11. The molecule has 1 aromatic rings. The Morgan fingerprint density at radius 2 is 2.21 bits per heavy atom. The zero-order chi connectivity index (χ0) is 14.1. The fourth-order valence-corrected chi connectivity index (χ4v) is 1.70. The number of carbonyl (C=O) groups excluding carboxylic acids is 1. The van der Waals surface area contributed by atoms with E-state index in [1.54, 1.807) is 11.0 Å². The van der Waals surface area contributed by atoms with E-state index in [1.165, 1.54) is 0 Å². The highest BCUT2D eigenvalue weighted by Crippen LogP contribution is 2.10. The first-order valence-electron chi connectivity index (χ1n) is 6.12. The van der Waals surface area contributed by atoms with E-state index >= 15 is 0 Å². The largest absolute Gasteiger partial charge is 0.337 e. The predicted octanol–water partition coefficient (Wildman–Crippen LogP) is 1.13. The Morgan fingerprint density at radius 3 is 2.84 bits per heavy atom. The lowest BCUT2D eigenvalue weighted by Gasteiger charge is -2.21. The average Bonchev–Trinajstić information content (AvgIpc) is 2.45. The van der Waals surface area contributed by atoms with Crippen LogP contribution in [0.15, 0.2) is 24.3 Å². The third-order valence-electron chi connectivity index (χ3n) is 2.74. The number of nitrogens with zero attached hydrogens (tertiary/aromatic N) is 2. The molecule has 1 rings (SSSR count). The third-order valence-corrected chi connectivity index (χ3v) is 2.74. The average molecular weight is 255 g/mol. The quantitative estimate of drug-likeness (QED) is 0.612. The maximum atomic E-state index is 12.0. The van der Waals surface area contributed by atoms with E-state index in [0.717, 1.165) is 5.56 Å². The highest BCUT2D eigenvalue weighted by molar-refractivity contribution is 5.78. The lowest BCUT2D eigenvalue weighted by atomic mass is 10.1. The van der Waals surface area contributed by atoms with Gasteiger partial charge in [0.25, 0.3) is 0 Å². The Balaban J connectivity index is 2.69. The Bertz CT molecular complexity index is 511. The highest BCUT2D eigenvalue weighted by Gasteiger charge is 2.13. The van der Waals surface area contributed by atoms with Crippen LogP contribution in [0.2, 0.25) is 0 Å². The van der Waals surface area contributed by atoms with Gasteiger partial charge >= 0.3 is 0 Å². The summed E-state index contributed by atoms with van der Waals surface area (Å²) in [5, 5.41) is 11.9. The monoisotopic (exact) mass is 255 g/mol. The number of amides is 1. The van der Waals surface area contributed by atoms with Gasteiger partial charge in [-0.25, -0.2) is 0 Å². The van der Waals surface area contributed by atoms with E-state index in [4.69, 9.17) is 11.7 Å². The molecule has 0 aliphatic carbocycles. The van der Waals surface area contributed by atoms with Gasteiger partial charge in [0.15, 0.2) is 0 Å². The standard InChI is InChI=1S/C15H17N3O/c1-3-9-17-11-15(19)18(4-2)12-14-8-6-5-7-13(14)10-16/h1,5-8,17H,4,9,11-12H2,2H3. The van der Waals surface area contributed by atoms with Crippen molar-refractivity contribution in [1.29, 1.82) is 5.26 Å². The molecule has 0 unspecified atom stereocenters. The first-order chi connectivity index (χ1) is 9.22. The van der Waals surface area contributed by atoms with E-state index in [9.17, 15) is 4.79 Å². The number of carbonyl (C=O) groups is 1. The maximum Gasteiger partial charge on any atom is 0.236 e. The second-order valence-corrected chi connectivity index (χ2v) is 3.98. The number of benzene rings is 1. The van der Waals surface area contributed by atoms with Crippen LogP contribution < -0.4 is 5.32 Å². The van der Waals surface area contributed by atoms with Crippen molar-refractivity contribution in [3.63, 3.8) is 0 Å². The summed E-state index contributed by atoms with van der Waals surface area (Å²) in [5.74, 6) is 2.40. The van der Waals surface area contributed by atoms with Crippen LogP contribution in [0.3, 0.4) is 0 Å². The minimum absolute atomic E-state index is 0.0227. The topological polar surface area (TPSA) is 56.1 Å². The molecule has 0 spiro atoms. The van der Waals surface area contributed by atoms with Crippen molar-refractivity contribution in [3.8, 4) is 18.4 Å². The lowest BCUT2D eigenvalue weighted by molar-refractivity contribution is -0.130. The number of terminal acetylenes is 1. The second kappa shape index (κ2) is 7.92. The van der Waals surface area contributed by atoms with Crippen molar-refractivity contribution >= 4 is 5.91 Å². The number of rotatable bonds is 6. The summed E-state index contributed by atoms with van der Waals surface area (Å²) in [7, 11) is 0. The molecule has 98 valence electrons. The van der Waals surface area contributed by atoms with E-state index in [1.807, 2.05) is 25.1 Å². The van der Waals surface area contributed by atoms with Crippen LogP contribution in [0, 0.1) is 23.7 Å². The summed E-state index contributed by atoms with van der Waals surface area (Å²) >= 11 is 0. The summed E-state index contributed by atoms with van der Waals surface area (Å²) in [6, 6.07) is 9.44. The van der Waals surface area contributed by atoms with Gasteiger partial charge in [0, 0.05) is 13.1 Å². The molecule has 0 saturated heterocycles. The van der Waals surface area contributed by atoms with Gasteiger partial charge in [0.1, 0.15) is 0 Å². The summed E-state index contributed by atoms with van der Waals surface area (Å²) in [4.78, 5) is 13.7. The molecular weight excluding hydrogens is 238 g/mol. The fraction of sp³-hybridized carbons (Fsp3) is 0.333. The van der Waals surface area contributed by atoms with Crippen molar-refractivity contribution in [3.05, 3.63) is 35.4 Å². The summed E-state index contributed by atoms with van der Waals surface area (Å²) in [6.45, 7) is 3.53. The zero-order valence-corrected chi connectivity index (χ0v) is 11.0. The lowest BCUT2D eigenvalue weighted by Crippen LogP contribution is -2.37. The Kier molecular flexibility index (Phi) is 6.15. The van der Waals surface area contributed by atoms with Crippen molar-refractivity contribution in [1.82, 2.24) is 10.2 Å². The van der Waals surface area contributed by atoms with Crippen LogP contribution in [-0.2, 0) is 11.3 Å². The van der Waals surface area contributed by atoms with Crippen LogP contribution in [0.1, 0.15) is 18.1 Å². The number of hydrogen-bond donors (Lipinski definition) is 1. The first-order valence-corrected chi connectivity index (χ1v) is 6.12. The normalized spacial score (nSPS) is 9.42. The number of nitrogens with one attached hydrogen (secondary N) is 1. The molecule has 0 aromatic heterocycles. The first kappa shape index (κ1) is 14.8. The van der Waals surface area contributed by atoms with Crippen LogP contribution in [-0.4, -0.2) is 30.4 Å². The smallest absolute Gasteiger partial charge is 0.236 e. The fourth-order valence-electron chi connectivity index (χ4n) is 1.70. The molecule has 4 heteroatoms. The molecule has 0 aliphatic heterocycles. The second-order valence-electron chi connectivity index (χ2n) is 3.98. The number of likely N-dealkylation sites (N-methyl/N-ethyl adjacent to an activating group) is 1. The molecule has 0 aliphatic rings. The van der Waals surface area contributed by atoms with Crippen LogP contribution in [0.4, 0.5) is 0 Å². The summed E-state index contributed by atoms with van der Waals surface area (Å²) in [5.41, 5.74) is 1.46. The van der Waals surface area contributed by atoms with E-state index in [-0.39, 0.29) is 12.5 Å². The van der Waals surface area contributed by atoms with Crippen LogP contribution >= 0.6 is 0 Å². The van der Waals surface area contributed by atoms with Crippen molar-refractivity contribution in [2.45, 2.75) is 13.5 Å². The maximum absolute atomic E-state index is 12.0. The Labute approximate surface area is 114 Å². The van der Waals surface area contributed by atoms with Crippen LogP contribution in [0.5, 0.6) is 0 Å².